The molecule has 0 bridgehead atoms. The Kier molecular flexibility index (Phi) is 5.68. The molecule has 4 aliphatic carbocycles. The van der Waals surface area contributed by atoms with E-state index < -0.39 is 23.9 Å². The van der Waals surface area contributed by atoms with Crippen LogP contribution in [0.25, 0.3) is 16.3 Å². The smallest absolute Gasteiger partial charge is 0.248 e. The van der Waals surface area contributed by atoms with Gasteiger partial charge in [-0.1, -0.05) is 36.8 Å². The number of aromatic nitrogens is 1. The normalized spacial score (nSPS) is 37.6. The fraction of sp³-hybridized carbons (Fsp3) is 0.500. The highest BCUT2D eigenvalue weighted by Gasteiger charge is 2.53. The average molecular weight is 505 g/mol. The lowest BCUT2D eigenvalue weighted by Gasteiger charge is -2.46. The second kappa shape index (κ2) is 8.48. The van der Waals surface area contributed by atoms with Crippen molar-refractivity contribution in [2.75, 3.05) is 14.1 Å². The van der Waals surface area contributed by atoms with Crippen molar-refractivity contribution in [3.05, 3.63) is 75.3 Å². The van der Waals surface area contributed by atoms with E-state index in [9.17, 15) is 25.2 Å². The number of fused-ring (bicyclic) bond motifs is 4. The highest BCUT2D eigenvalue weighted by atomic mass is 16.3. The molecule has 1 heterocycles. The van der Waals surface area contributed by atoms with Gasteiger partial charge in [0.15, 0.2) is 0 Å². The van der Waals surface area contributed by atoms with Gasteiger partial charge in [-0.15, -0.1) is 0 Å². The van der Waals surface area contributed by atoms with E-state index >= 15 is 0 Å². The molecule has 7 heteroatoms. The number of aromatic amines is 1. The molecule has 0 spiro atoms. The molecule has 1 fully saturated rings. The highest BCUT2D eigenvalue weighted by molar-refractivity contribution is 5.87. The van der Waals surface area contributed by atoms with Gasteiger partial charge in [0.1, 0.15) is 6.10 Å². The van der Waals surface area contributed by atoms with Gasteiger partial charge in [-0.2, -0.15) is 0 Å². The fourth-order valence-electron chi connectivity index (χ4n) is 7.63. The predicted octanol–water partition coefficient (Wildman–Crippen LogP) is 2.51. The minimum absolute atomic E-state index is 0.133. The number of nitrogens with one attached hydrogen (secondary N) is 1. The summed E-state index contributed by atoms with van der Waals surface area (Å²) in [6, 6.07) is 7.42. The van der Waals surface area contributed by atoms with Crippen LogP contribution < -0.4 is 5.56 Å². The van der Waals surface area contributed by atoms with E-state index in [4.69, 9.17) is 0 Å². The lowest BCUT2D eigenvalue weighted by atomic mass is 9.61. The molecular weight excluding hydrogens is 468 g/mol. The van der Waals surface area contributed by atoms with Crippen molar-refractivity contribution in [1.82, 2.24) is 9.88 Å². The molecule has 6 rings (SSSR count). The van der Waals surface area contributed by atoms with Crippen LogP contribution in [0.15, 0.2) is 64.1 Å². The minimum atomic E-state index is -1.23. The largest absolute Gasteiger partial charge is 0.388 e. The van der Waals surface area contributed by atoms with Crippen LogP contribution in [0.5, 0.6) is 0 Å². The first-order valence-corrected chi connectivity index (χ1v) is 13.2. The third-order valence-electron chi connectivity index (χ3n) is 9.67. The van der Waals surface area contributed by atoms with Crippen LogP contribution in [0.1, 0.15) is 44.6 Å². The molecule has 1 aromatic carbocycles. The average Bonchev–Trinajstić information content (AvgIpc) is 3.09. The van der Waals surface area contributed by atoms with Crippen molar-refractivity contribution in [2.24, 2.45) is 11.3 Å². The number of hydrogen-bond donors (Lipinski definition) is 5. The molecule has 4 aliphatic rings. The van der Waals surface area contributed by atoms with Gasteiger partial charge in [0, 0.05) is 23.7 Å². The first kappa shape index (κ1) is 24.8. The van der Waals surface area contributed by atoms with E-state index in [-0.39, 0.29) is 22.9 Å². The van der Waals surface area contributed by atoms with Gasteiger partial charge < -0.3 is 30.3 Å². The van der Waals surface area contributed by atoms with Gasteiger partial charge in [-0.05, 0) is 91.2 Å². The number of likely N-dealkylation sites (N-methyl/N-ethyl adjacent to an activating group) is 1. The maximum absolute atomic E-state index is 11.9. The summed E-state index contributed by atoms with van der Waals surface area (Å²) in [5, 5.41) is 46.9. The standard InChI is InChI=1S/C30H36N2O5/c1-29-14-25(33)20-12-23-27(35)28(36)24(32(2)3)13-30(23,37)9-8-19(20)22(29)7-6-21(29)16-4-5-17-15-31-26(34)11-18(17)10-16/h4-6,10-12,15,22,24-25,27-28,33,35-37H,7-9,13-14H2,1-3H3,(H,31,34)/t22?,24-,25?,27+,28+,29+,30+/m0/s1. The number of benzene rings is 1. The van der Waals surface area contributed by atoms with Gasteiger partial charge in [0.05, 0.1) is 17.8 Å². The van der Waals surface area contributed by atoms with Gasteiger partial charge in [0.2, 0.25) is 5.56 Å². The summed E-state index contributed by atoms with van der Waals surface area (Å²) in [4.78, 5) is 16.5. The van der Waals surface area contributed by atoms with E-state index in [1.165, 1.54) is 5.57 Å². The zero-order valence-electron chi connectivity index (χ0n) is 21.6. The zero-order valence-corrected chi connectivity index (χ0v) is 21.6. The minimum Gasteiger partial charge on any atom is -0.388 e. The summed E-state index contributed by atoms with van der Waals surface area (Å²) >= 11 is 0. The van der Waals surface area contributed by atoms with Gasteiger partial charge in [-0.3, -0.25) is 4.79 Å². The molecule has 1 saturated carbocycles. The molecule has 2 unspecified atom stereocenters. The quantitative estimate of drug-likeness (QED) is 0.429. The van der Waals surface area contributed by atoms with Gasteiger partial charge in [-0.25, -0.2) is 0 Å². The Hall–Kier alpha value is -2.55. The van der Waals surface area contributed by atoms with E-state index in [1.807, 2.05) is 25.1 Å². The van der Waals surface area contributed by atoms with Crippen LogP contribution in [0.3, 0.4) is 0 Å². The first-order chi connectivity index (χ1) is 17.5. The monoisotopic (exact) mass is 504 g/mol. The van der Waals surface area contributed by atoms with E-state index in [0.29, 0.717) is 31.3 Å². The molecule has 7 nitrogen and oxygen atoms in total. The Morgan fingerprint density at radius 2 is 1.86 bits per heavy atom. The number of aliphatic hydroxyl groups excluding tert-OH is 3. The molecule has 196 valence electrons. The second-order valence-corrected chi connectivity index (χ2v) is 12.0. The third-order valence-corrected chi connectivity index (χ3v) is 9.67. The Bertz CT molecular complexity index is 1420. The zero-order chi connectivity index (χ0) is 26.3. The van der Waals surface area contributed by atoms with Crippen LogP contribution in [0, 0.1) is 11.3 Å². The molecule has 5 N–H and O–H groups in total. The SMILES string of the molecule is CN(C)[C@H]1C[C@]2(O)CCC3=C(C=C2[C@@H](O)[C@@H]1O)C(O)C[C@]1(C)C(c2ccc4c[nH]c(=O)cc4c2)=CCC31. The molecule has 1 aromatic heterocycles. The number of allylic oxidation sites excluding steroid dienone is 3. The molecule has 7 atom stereocenters. The number of nitrogens with zero attached hydrogens (tertiary/aromatic N) is 1. The van der Waals surface area contributed by atoms with Crippen molar-refractivity contribution in [1.29, 1.82) is 0 Å². The Labute approximate surface area is 216 Å². The highest BCUT2D eigenvalue weighted by Crippen LogP contribution is 2.60. The molecule has 0 amide bonds. The van der Waals surface area contributed by atoms with E-state index in [1.54, 1.807) is 18.3 Å². The molecule has 2 aromatic rings. The van der Waals surface area contributed by atoms with E-state index in [2.05, 4.69) is 30.1 Å². The lowest BCUT2D eigenvalue weighted by molar-refractivity contribution is -0.0922. The van der Waals surface area contributed by atoms with Crippen LogP contribution >= 0.6 is 0 Å². The Balaban J connectivity index is 1.38. The summed E-state index contributed by atoms with van der Waals surface area (Å²) in [7, 11) is 3.70. The summed E-state index contributed by atoms with van der Waals surface area (Å²) in [5.41, 5.74) is 2.94. The van der Waals surface area contributed by atoms with E-state index in [0.717, 1.165) is 33.9 Å². The number of H-pyrrole nitrogens is 1. The lowest BCUT2D eigenvalue weighted by Crippen LogP contribution is -2.58. The molecule has 0 aliphatic heterocycles. The summed E-state index contributed by atoms with van der Waals surface area (Å²) in [6.07, 6.45) is 5.62. The maximum atomic E-state index is 11.9. The second-order valence-electron chi connectivity index (χ2n) is 12.0. The topological polar surface area (TPSA) is 117 Å². The molecule has 37 heavy (non-hydrogen) atoms. The Morgan fingerprint density at radius 1 is 1.08 bits per heavy atom. The predicted molar refractivity (Wildman–Crippen MR) is 143 cm³/mol. The molecule has 0 saturated heterocycles. The number of aliphatic hydroxyl groups is 4. The molecular formula is C30H36N2O5. The van der Waals surface area contributed by atoms with Crippen molar-refractivity contribution < 1.29 is 20.4 Å². The van der Waals surface area contributed by atoms with Crippen molar-refractivity contribution in [2.45, 2.75) is 69.0 Å². The summed E-state index contributed by atoms with van der Waals surface area (Å²) < 4.78 is 0. The van der Waals surface area contributed by atoms with Crippen molar-refractivity contribution in [3.63, 3.8) is 0 Å². The van der Waals surface area contributed by atoms with Gasteiger partial charge in [0.25, 0.3) is 0 Å². The van der Waals surface area contributed by atoms with Crippen molar-refractivity contribution >= 4 is 16.3 Å². The summed E-state index contributed by atoms with van der Waals surface area (Å²) in [6.45, 7) is 2.21. The maximum Gasteiger partial charge on any atom is 0.248 e. The Morgan fingerprint density at radius 3 is 2.62 bits per heavy atom. The summed E-state index contributed by atoms with van der Waals surface area (Å²) in [5.74, 6) is 0.170. The molecule has 0 radical (unpaired) electrons. The van der Waals surface area contributed by atoms with Gasteiger partial charge >= 0.3 is 0 Å². The number of hydrogen-bond acceptors (Lipinski definition) is 6. The van der Waals surface area contributed by atoms with Crippen molar-refractivity contribution in [3.8, 4) is 0 Å². The first-order valence-electron chi connectivity index (χ1n) is 13.2. The third kappa shape index (κ3) is 3.71. The van der Waals surface area contributed by atoms with Crippen LogP contribution in [-0.4, -0.2) is 74.4 Å². The number of rotatable bonds is 2. The van der Waals surface area contributed by atoms with Crippen LogP contribution in [0.4, 0.5) is 0 Å². The fourth-order valence-corrected chi connectivity index (χ4v) is 7.63. The van der Waals surface area contributed by atoms with Crippen LogP contribution in [0.2, 0.25) is 0 Å². The number of pyridine rings is 1. The van der Waals surface area contributed by atoms with Crippen LogP contribution in [-0.2, 0) is 0 Å².